The molecule has 0 unspecified atom stereocenters. The standard InChI is InChI=1S/C22H26N4O3/c1-22(2,3)29-21(28)26-14-17-16(18(26)20(27)25-11-7-8-12-25)13-23-19(24-17)15-9-5-4-6-10-15/h4-6,9-10,13,18H,7-8,11-12,14H2,1-3H3/t18-/m0/s1. The fraction of sp³-hybridized carbons (Fsp3) is 0.455. The van der Waals surface area contributed by atoms with Crippen LogP contribution in [0.25, 0.3) is 11.4 Å². The van der Waals surface area contributed by atoms with Crippen molar-refractivity contribution in [3.63, 3.8) is 0 Å². The lowest BCUT2D eigenvalue weighted by atomic mass is 10.1. The van der Waals surface area contributed by atoms with Gasteiger partial charge >= 0.3 is 6.09 Å². The number of ether oxygens (including phenoxy) is 1. The Labute approximate surface area is 170 Å². The molecule has 1 atom stereocenters. The van der Waals surface area contributed by atoms with Gasteiger partial charge in [0.15, 0.2) is 5.82 Å². The summed E-state index contributed by atoms with van der Waals surface area (Å²) in [5.41, 5.74) is 1.64. The zero-order chi connectivity index (χ0) is 20.6. The summed E-state index contributed by atoms with van der Waals surface area (Å²) in [6.07, 6.45) is 3.16. The van der Waals surface area contributed by atoms with Gasteiger partial charge < -0.3 is 9.64 Å². The van der Waals surface area contributed by atoms with Gasteiger partial charge in [0, 0.05) is 30.4 Å². The van der Waals surface area contributed by atoms with Crippen LogP contribution in [0.2, 0.25) is 0 Å². The summed E-state index contributed by atoms with van der Waals surface area (Å²) in [6, 6.07) is 8.94. The smallest absolute Gasteiger partial charge is 0.411 e. The quantitative estimate of drug-likeness (QED) is 0.779. The van der Waals surface area contributed by atoms with Crippen LogP contribution in [0.3, 0.4) is 0 Å². The van der Waals surface area contributed by atoms with Gasteiger partial charge in [0.25, 0.3) is 0 Å². The Morgan fingerprint density at radius 3 is 2.45 bits per heavy atom. The largest absolute Gasteiger partial charge is 0.444 e. The first-order valence-electron chi connectivity index (χ1n) is 10.0. The normalized spacial score (nSPS) is 18.7. The molecule has 2 aliphatic rings. The van der Waals surface area contributed by atoms with Crippen molar-refractivity contribution < 1.29 is 14.3 Å². The molecule has 152 valence electrons. The third-order valence-electron chi connectivity index (χ3n) is 5.14. The summed E-state index contributed by atoms with van der Waals surface area (Å²) in [4.78, 5) is 38.6. The monoisotopic (exact) mass is 394 g/mol. The van der Waals surface area contributed by atoms with E-state index in [0.29, 0.717) is 17.1 Å². The number of hydrogen-bond donors (Lipinski definition) is 0. The van der Waals surface area contributed by atoms with Gasteiger partial charge in [-0.25, -0.2) is 14.8 Å². The molecule has 0 N–H and O–H groups in total. The molecular weight excluding hydrogens is 368 g/mol. The van der Waals surface area contributed by atoms with Gasteiger partial charge in [0.2, 0.25) is 5.91 Å². The first kappa shape index (κ1) is 19.4. The van der Waals surface area contributed by atoms with E-state index < -0.39 is 17.7 Å². The molecule has 2 amide bonds. The molecule has 1 fully saturated rings. The number of likely N-dealkylation sites (tertiary alicyclic amines) is 1. The van der Waals surface area contributed by atoms with Crippen LogP contribution >= 0.6 is 0 Å². The molecule has 3 heterocycles. The number of nitrogens with zero attached hydrogens (tertiary/aromatic N) is 4. The fourth-order valence-corrected chi connectivity index (χ4v) is 3.80. The van der Waals surface area contributed by atoms with Gasteiger partial charge in [-0.05, 0) is 33.6 Å². The molecule has 0 spiro atoms. The van der Waals surface area contributed by atoms with Crippen molar-refractivity contribution in [2.75, 3.05) is 13.1 Å². The second-order valence-corrected chi connectivity index (χ2v) is 8.50. The van der Waals surface area contributed by atoms with E-state index in [-0.39, 0.29) is 12.5 Å². The molecule has 1 aromatic carbocycles. The molecule has 1 saturated heterocycles. The summed E-state index contributed by atoms with van der Waals surface area (Å²) in [6.45, 7) is 7.12. The van der Waals surface area contributed by atoms with E-state index in [1.54, 1.807) is 6.20 Å². The number of amides is 2. The Kier molecular flexibility index (Phi) is 4.98. The average Bonchev–Trinajstić information content (AvgIpc) is 3.34. The van der Waals surface area contributed by atoms with Crippen LogP contribution < -0.4 is 0 Å². The molecule has 2 aromatic rings. The minimum atomic E-state index is -0.734. The van der Waals surface area contributed by atoms with Crippen LogP contribution in [0.1, 0.15) is 50.9 Å². The molecule has 7 heteroatoms. The van der Waals surface area contributed by atoms with Crippen molar-refractivity contribution in [1.82, 2.24) is 19.8 Å². The Morgan fingerprint density at radius 2 is 1.79 bits per heavy atom. The third-order valence-corrected chi connectivity index (χ3v) is 5.14. The number of fused-ring (bicyclic) bond motifs is 1. The predicted octanol–water partition coefficient (Wildman–Crippen LogP) is 3.56. The molecular formula is C22H26N4O3. The lowest BCUT2D eigenvalue weighted by Crippen LogP contribution is -2.43. The highest BCUT2D eigenvalue weighted by atomic mass is 16.6. The highest BCUT2D eigenvalue weighted by molar-refractivity contribution is 5.88. The number of rotatable bonds is 2. The highest BCUT2D eigenvalue weighted by Gasteiger charge is 2.43. The summed E-state index contributed by atoms with van der Waals surface area (Å²) in [5, 5.41) is 0. The van der Waals surface area contributed by atoms with Gasteiger partial charge in [0.05, 0.1) is 12.2 Å². The fourth-order valence-electron chi connectivity index (χ4n) is 3.80. The van der Waals surface area contributed by atoms with E-state index in [4.69, 9.17) is 4.74 Å². The van der Waals surface area contributed by atoms with Gasteiger partial charge in [-0.2, -0.15) is 0 Å². The number of carbonyl (C=O) groups is 2. The maximum Gasteiger partial charge on any atom is 0.411 e. The van der Waals surface area contributed by atoms with Crippen LogP contribution in [0.4, 0.5) is 4.79 Å². The van der Waals surface area contributed by atoms with E-state index in [9.17, 15) is 9.59 Å². The summed E-state index contributed by atoms with van der Waals surface area (Å²) in [7, 11) is 0. The summed E-state index contributed by atoms with van der Waals surface area (Å²) < 4.78 is 5.58. The zero-order valence-corrected chi connectivity index (χ0v) is 17.1. The van der Waals surface area contributed by atoms with Crippen LogP contribution in [-0.4, -0.2) is 50.5 Å². The van der Waals surface area contributed by atoms with E-state index in [0.717, 1.165) is 31.5 Å². The first-order valence-corrected chi connectivity index (χ1v) is 10.0. The van der Waals surface area contributed by atoms with Crippen molar-refractivity contribution in [3.8, 4) is 11.4 Å². The maximum absolute atomic E-state index is 13.3. The first-order chi connectivity index (χ1) is 13.8. The van der Waals surface area contributed by atoms with E-state index in [1.807, 2.05) is 56.0 Å². The second-order valence-electron chi connectivity index (χ2n) is 8.50. The van der Waals surface area contributed by atoms with E-state index in [2.05, 4.69) is 9.97 Å². The molecule has 4 rings (SSSR count). The van der Waals surface area contributed by atoms with Crippen molar-refractivity contribution in [1.29, 1.82) is 0 Å². The van der Waals surface area contributed by atoms with Crippen LogP contribution in [-0.2, 0) is 16.1 Å². The zero-order valence-electron chi connectivity index (χ0n) is 17.1. The van der Waals surface area contributed by atoms with Crippen molar-refractivity contribution in [2.45, 2.75) is 51.8 Å². The number of carbonyl (C=O) groups excluding carboxylic acids is 2. The molecule has 29 heavy (non-hydrogen) atoms. The Morgan fingerprint density at radius 1 is 1.10 bits per heavy atom. The summed E-state index contributed by atoms with van der Waals surface area (Å²) in [5.74, 6) is 0.505. The number of hydrogen-bond acceptors (Lipinski definition) is 5. The van der Waals surface area contributed by atoms with Gasteiger partial charge in [-0.1, -0.05) is 30.3 Å². The Hall–Kier alpha value is -2.96. The predicted molar refractivity (Wildman–Crippen MR) is 108 cm³/mol. The van der Waals surface area contributed by atoms with Crippen molar-refractivity contribution in [2.24, 2.45) is 0 Å². The number of benzene rings is 1. The lowest BCUT2D eigenvalue weighted by molar-refractivity contribution is -0.135. The molecule has 7 nitrogen and oxygen atoms in total. The molecule has 0 aliphatic carbocycles. The Bertz CT molecular complexity index is 917. The van der Waals surface area contributed by atoms with Crippen molar-refractivity contribution >= 4 is 12.0 Å². The number of aromatic nitrogens is 2. The average molecular weight is 394 g/mol. The Balaban J connectivity index is 1.69. The molecule has 2 aliphatic heterocycles. The lowest BCUT2D eigenvalue weighted by Gasteiger charge is -2.30. The van der Waals surface area contributed by atoms with Crippen LogP contribution in [0.15, 0.2) is 36.5 Å². The van der Waals surface area contributed by atoms with E-state index in [1.165, 1.54) is 4.90 Å². The molecule has 0 radical (unpaired) electrons. The minimum absolute atomic E-state index is 0.0804. The molecule has 0 saturated carbocycles. The van der Waals surface area contributed by atoms with Crippen LogP contribution in [0.5, 0.6) is 0 Å². The second kappa shape index (κ2) is 7.46. The van der Waals surface area contributed by atoms with E-state index >= 15 is 0 Å². The van der Waals surface area contributed by atoms with Gasteiger partial charge in [0.1, 0.15) is 11.6 Å². The maximum atomic E-state index is 13.3. The molecule has 1 aromatic heterocycles. The van der Waals surface area contributed by atoms with Gasteiger partial charge in [-0.15, -0.1) is 0 Å². The minimum Gasteiger partial charge on any atom is -0.444 e. The summed E-state index contributed by atoms with van der Waals surface area (Å²) >= 11 is 0. The topological polar surface area (TPSA) is 75.6 Å². The SMILES string of the molecule is CC(C)(C)OC(=O)N1Cc2nc(-c3ccccc3)ncc2[C@H]1C(=O)N1CCCC1. The highest BCUT2D eigenvalue weighted by Crippen LogP contribution is 2.36. The third kappa shape index (κ3) is 3.95. The van der Waals surface area contributed by atoms with Crippen LogP contribution in [0, 0.1) is 0 Å². The van der Waals surface area contributed by atoms with Crippen molar-refractivity contribution in [3.05, 3.63) is 47.8 Å². The molecule has 0 bridgehead atoms. The van der Waals surface area contributed by atoms with Gasteiger partial charge in [-0.3, -0.25) is 9.69 Å².